The summed E-state index contributed by atoms with van der Waals surface area (Å²) in [5.41, 5.74) is -0.0437. The van der Waals surface area contributed by atoms with Gasteiger partial charge in [-0.25, -0.2) is 4.68 Å². The summed E-state index contributed by atoms with van der Waals surface area (Å²) in [7, 11) is 0. The van der Waals surface area contributed by atoms with Crippen LogP contribution in [-0.4, -0.2) is 26.8 Å². The Bertz CT molecular complexity index is 319. The Kier molecular flexibility index (Phi) is 2.73. The van der Waals surface area contributed by atoms with Crippen LogP contribution in [0.5, 0.6) is 0 Å². The van der Waals surface area contributed by atoms with Crippen molar-refractivity contribution in [3.05, 3.63) is 5.82 Å². The van der Waals surface area contributed by atoms with Gasteiger partial charge in [0.15, 0.2) is 5.82 Å². The minimum atomic E-state index is -0.0437. The fraction of sp³-hybridized carbons (Fsp3) is 0.900. The van der Waals surface area contributed by atoms with E-state index in [1.54, 1.807) is 0 Å². The fourth-order valence-corrected chi connectivity index (χ4v) is 1.96. The van der Waals surface area contributed by atoms with E-state index in [1.165, 1.54) is 12.8 Å². The topological polar surface area (TPSA) is 55.6 Å². The molecule has 1 aromatic heterocycles. The minimum Gasteiger partial charge on any atom is -0.307 e. The third-order valence-electron chi connectivity index (χ3n) is 2.75. The summed E-state index contributed by atoms with van der Waals surface area (Å²) in [6.45, 7) is 7.43. The maximum Gasteiger partial charge on any atom is 0.168 e. The molecule has 2 heterocycles. The molecule has 1 aromatic rings. The van der Waals surface area contributed by atoms with Crippen molar-refractivity contribution in [2.75, 3.05) is 6.54 Å². The van der Waals surface area contributed by atoms with Crippen molar-refractivity contribution in [3.8, 4) is 0 Å². The first-order valence-electron chi connectivity index (χ1n) is 5.61. The van der Waals surface area contributed by atoms with Gasteiger partial charge in [0.05, 0.1) is 11.6 Å². The van der Waals surface area contributed by atoms with E-state index in [-0.39, 0.29) is 5.54 Å². The Morgan fingerprint density at radius 2 is 2.13 bits per heavy atom. The van der Waals surface area contributed by atoms with Crippen molar-refractivity contribution < 1.29 is 0 Å². The van der Waals surface area contributed by atoms with Crippen LogP contribution < -0.4 is 5.32 Å². The number of nitrogens with zero attached hydrogens (tertiary/aromatic N) is 4. The van der Waals surface area contributed by atoms with E-state index < -0.39 is 0 Å². The van der Waals surface area contributed by atoms with E-state index in [2.05, 4.69) is 41.6 Å². The molecule has 0 aromatic carbocycles. The largest absolute Gasteiger partial charge is 0.307 e. The lowest BCUT2D eigenvalue weighted by atomic mass is 10.0. The minimum absolute atomic E-state index is 0.0437. The molecular weight excluding hydrogens is 190 g/mol. The lowest BCUT2D eigenvalue weighted by Gasteiger charge is -2.26. The molecular formula is C10H19N5. The van der Waals surface area contributed by atoms with Gasteiger partial charge >= 0.3 is 0 Å². The zero-order chi connectivity index (χ0) is 10.9. The second-order valence-electron chi connectivity index (χ2n) is 5.12. The van der Waals surface area contributed by atoms with Crippen LogP contribution in [0, 0.1) is 0 Å². The van der Waals surface area contributed by atoms with Gasteiger partial charge in [-0.2, -0.15) is 0 Å². The Balaban J connectivity index is 2.24. The van der Waals surface area contributed by atoms with E-state index in [4.69, 9.17) is 0 Å². The van der Waals surface area contributed by atoms with Crippen LogP contribution in [0.4, 0.5) is 0 Å². The number of hydrogen-bond acceptors (Lipinski definition) is 4. The van der Waals surface area contributed by atoms with Gasteiger partial charge in [-0.15, -0.1) is 5.10 Å². The van der Waals surface area contributed by atoms with Gasteiger partial charge in [0.25, 0.3) is 0 Å². The molecule has 1 unspecified atom stereocenters. The number of rotatable bonds is 1. The highest BCUT2D eigenvalue weighted by Crippen LogP contribution is 2.24. The first-order valence-corrected chi connectivity index (χ1v) is 5.61. The summed E-state index contributed by atoms with van der Waals surface area (Å²) >= 11 is 0. The molecule has 5 heteroatoms. The molecule has 0 aliphatic carbocycles. The van der Waals surface area contributed by atoms with Gasteiger partial charge in [-0.1, -0.05) is 6.42 Å². The van der Waals surface area contributed by atoms with E-state index in [1.807, 2.05) is 4.68 Å². The van der Waals surface area contributed by atoms with Crippen LogP contribution >= 0.6 is 0 Å². The molecule has 1 aliphatic rings. The zero-order valence-electron chi connectivity index (χ0n) is 9.69. The summed E-state index contributed by atoms with van der Waals surface area (Å²) in [6, 6.07) is 0.327. The van der Waals surface area contributed by atoms with Gasteiger partial charge in [0, 0.05) is 0 Å². The smallest absolute Gasteiger partial charge is 0.168 e. The summed E-state index contributed by atoms with van der Waals surface area (Å²) < 4.78 is 1.93. The molecule has 0 amide bonds. The molecule has 84 valence electrons. The average Bonchev–Trinajstić information content (AvgIpc) is 2.67. The molecule has 0 saturated carbocycles. The lowest BCUT2D eigenvalue weighted by Crippen LogP contribution is -2.33. The molecule has 15 heavy (non-hydrogen) atoms. The maximum atomic E-state index is 4.15. The van der Waals surface area contributed by atoms with Crippen LogP contribution in [0.1, 0.15) is 51.9 Å². The number of hydrogen-bond donors (Lipinski definition) is 1. The Labute approximate surface area is 90.2 Å². The van der Waals surface area contributed by atoms with Gasteiger partial charge in [-0.3, -0.25) is 0 Å². The monoisotopic (exact) mass is 209 g/mol. The standard InChI is InChI=1S/C10H19N5/c1-10(2,3)15-9(12-13-14-15)8-6-4-5-7-11-8/h8,11H,4-7H2,1-3H3. The third-order valence-corrected chi connectivity index (χ3v) is 2.75. The molecule has 5 nitrogen and oxygen atoms in total. The van der Waals surface area contributed by atoms with Crippen molar-refractivity contribution in [2.24, 2.45) is 0 Å². The highest BCUT2D eigenvalue weighted by molar-refractivity contribution is 4.96. The first kappa shape index (κ1) is 10.5. The molecule has 1 saturated heterocycles. The Morgan fingerprint density at radius 3 is 2.73 bits per heavy atom. The van der Waals surface area contributed by atoms with Crippen LogP contribution in [0.25, 0.3) is 0 Å². The second-order valence-corrected chi connectivity index (χ2v) is 5.12. The van der Waals surface area contributed by atoms with E-state index in [0.717, 1.165) is 18.8 Å². The number of piperidine rings is 1. The number of nitrogens with one attached hydrogen (secondary N) is 1. The third kappa shape index (κ3) is 2.17. The van der Waals surface area contributed by atoms with E-state index >= 15 is 0 Å². The maximum absolute atomic E-state index is 4.15. The van der Waals surface area contributed by atoms with E-state index in [9.17, 15) is 0 Å². The predicted octanol–water partition coefficient (Wildman–Crippen LogP) is 1.24. The number of tetrazole rings is 1. The van der Waals surface area contributed by atoms with Gasteiger partial charge in [0.1, 0.15) is 0 Å². The van der Waals surface area contributed by atoms with Crippen LogP contribution in [0.15, 0.2) is 0 Å². The second kappa shape index (κ2) is 3.89. The fourth-order valence-electron chi connectivity index (χ4n) is 1.96. The summed E-state index contributed by atoms with van der Waals surface area (Å²) in [5.74, 6) is 0.974. The highest BCUT2D eigenvalue weighted by atomic mass is 15.6. The molecule has 1 fully saturated rings. The Morgan fingerprint density at radius 1 is 1.33 bits per heavy atom. The molecule has 1 N–H and O–H groups in total. The van der Waals surface area contributed by atoms with Crippen LogP contribution in [0.3, 0.4) is 0 Å². The van der Waals surface area contributed by atoms with Crippen LogP contribution in [-0.2, 0) is 5.54 Å². The molecule has 2 rings (SSSR count). The summed E-state index contributed by atoms with van der Waals surface area (Å²) in [6.07, 6.45) is 3.65. The summed E-state index contributed by atoms with van der Waals surface area (Å²) in [5, 5.41) is 15.5. The lowest BCUT2D eigenvalue weighted by molar-refractivity contribution is 0.302. The molecule has 1 atom stereocenters. The molecule has 0 radical (unpaired) electrons. The average molecular weight is 209 g/mol. The van der Waals surface area contributed by atoms with Crippen molar-refractivity contribution in [1.29, 1.82) is 0 Å². The van der Waals surface area contributed by atoms with Gasteiger partial charge in [0.2, 0.25) is 0 Å². The quantitative estimate of drug-likeness (QED) is 0.756. The number of aromatic nitrogens is 4. The molecule has 0 spiro atoms. The van der Waals surface area contributed by atoms with Crippen LogP contribution in [0.2, 0.25) is 0 Å². The van der Waals surface area contributed by atoms with E-state index in [0.29, 0.717) is 6.04 Å². The molecule has 0 bridgehead atoms. The zero-order valence-corrected chi connectivity index (χ0v) is 9.69. The highest BCUT2D eigenvalue weighted by Gasteiger charge is 2.26. The first-order chi connectivity index (χ1) is 7.09. The van der Waals surface area contributed by atoms with Crippen molar-refractivity contribution >= 4 is 0 Å². The van der Waals surface area contributed by atoms with Gasteiger partial charge < -0.3 is 5.32 Å². The summed E-state index contributed by atoms with van der Waals surface area (Å²) in [4.78, 5) is 0. The van der Waals surface area contributed by atoms with Gasteiger partial charge in [-0.05, 0) is 50.6 Å². The SMILES string of the molecule is CC(C)(C)n1nnnc1C1CCCCN1. The predicted molar refractivity (Wildman–Crippen MR) is 57.4 cm³/mol. The van der Waals surface area contributed by atoms with Crippen molar-refractivity contribution in [3.63, 3.8) is 0 Å². The normalized spacial score (nSPS) is 23.0. The van der Waals surface area contributed by atoms with Crippen molar-refractivity contribution in [1.82, 2.24) is 25.5 Å². The Hall–Kier alpha value is -0.970. The molecule has 1 aliphatic heterocycles. The van der Waals surface area contributed by atoms with Crippen molar-refractivity contribution in [2.45, 2.75) is 51.6 Å².